The molecule has 0 radical (unpaired) electrons. The minimum Gasteiger partial charge on any atom is -0.465 e. The number of benzene rings is 1. The molecule has 17 nitrogen and oxygen atoms in total. The van der Waals surface area contributed by atoms with Gasteiger partial charge in [0.15, 0.2) is 0 Å². The fraction of sp³-hybridized carbons (Fsp3) is 0.531. The largest absolute Gasteiger partial charge is 0.465 e. The first-order chi connectivity index (χ1) is 32.5. The minimum atomic E-state index is -1.35. The van der Waals surface area contributed by atoms with Crippen molar-refractivity contribution < 1.29 is 33.4 Å². The molecule has 7 rings (SSSR count). The molecule has 5 amide bonds. The lowest BCUT2D eigenvalue weighted by atomic mass is 9.84. The minimum absolute atomic E-state index is 0.0575. The van der Waals surface area contributed by atoms with E-state index in [-0.39, 0.29) is 73.7 Å². The van der Waals surface area contributed by atoms with E-state index in [1.54, 1.807) is 35.2 Å². The van der Waals surface area contributed by atoms with E-state index in [0.717, 1.165) is 49.7 Å². The summed E-state index contributed by atoms with van der Waals surface area (Å²) >= 11 is 1.48. The molecule has 4 atom stereocenters. The van der Waals surface area contributed by atoms with Crippen molar-refractivity contribution in [1.82, 2.24) is 50.0 Å². The molecule has 0 aliphatic carbocycles. The quantitative estimate of drug-likeness (QED) is 0.0796. The van der Waals surface area contributed by atoms with Gasteiger partial charge in [0.2, 0.25) is 11.8 Å². The number of nitrogens with one attached hydrogen (secondary N) is 3. The van der Waals surface area contributed by atoms with Crippen LogP contribution < -0.4 is 15.7 Å². The molecule has 3 aliphatic heterocycles. The average Bonchev–Trinajstić information content (AvgIpc) is 3.83. The number of hydrogen-bond acceptors (Lipinski definition) is 12. The summed E-state index contributed by atoms with van der Waals surface area (Å²) in [5.74, 6) is -1.35. The molecule has 4 aromatic rings. The molecule has 0 spiro atoms. The Kier molecular flexibility index (Phi) is 16.2. The summed E-state index contributed by atoms with van der Waals surface area (Å²) in [5, 5.41) is 15.1. The van der Waals surface area contributed by atoms with Crippen molar-refractivity contribution in [2.45, 2.75) is 104 Å². The summed E-state index contributed by atoms with van der Waals surface area (Å²) in [6.07, 6.45) is 5.47. The van der Waals surface area contributed by atoms with Gasteiger partial charge >= 0.3 is 12.0 Å². The number of hydrazine groups is 1. The van der Waals surface area contributed by atoms with E-state index >= 15 is 0 Å². The van der Waals surface area contributed by atoms with Crippen molar-refractivity contribution in [3.05, 3.63) is 70.8 Å². The van der Waals surface area contributed by atoms with Crippen molar-refractivity contribution in [1.29, 1.82) is 0 Å². The molecule has 0 saturated carbocycles. The van der Waals surface area contributed by atoms with Crippen molar-refractivity contribution in [2.24, 2.45) is 11.3 Å². The van der Waals surface area contributed by atoms with E-state index in [9.17, 15) is 24.0 Å². The SMILES string of the molecule is C=CC(=O)N1CCCN(C(=O)N(C)[C@H](C(=O)NCN[C@H]2Cc3nc(cs3)-c3ccc4c(c3)c(c(-c3cccnc3[C@H](C)OC)n4CC)CC(C)(C)COC(=O)[C@@H]3CCCN(N[SiH2]3)C2=O)C(C)C)C1. The van der Waals surface area contributed by atoms with Crippen LogP contribution in [0.4, 0.5) is 4.79 Å². The smallest absolute Gasteiger partial charge is 0.321 e. The summed E-state index contributed by atoms with van der Waals surface area (Å²) in [5.41, 5.74) is 6.03. The van der Waals surface area contributed by atoms with E-state index in [4.69, 9.17) is 19.4 Å². The molecule has 2 fully saturated rings. The second-order valence-corrected chi connectivity index (χ2v) is 21.9. The van der Waals surface area contributed by atoms with E-state index in [2.05, 4.69) is 71.9 Å². The van der Waals surface area contributed by atoms with Gasteiger partial charge in [0.05, 0.1) is 59.7 Å². The molecule has 366 valence electrons. The highest BCUT2D eigenvalue weighted by atomic mass is 32.1. The lowest BCUT2D eigenvalue weighted by molar-refractivity contribution is -0.146. The molecule has 3 N–H and O–H groups in total. The fourth-order valence-electron chi connectivity index (χ4n) is 9.70. The van der Waals surface area contributed by atoms with Gasteiger partial charge in [-0.15, -0.1) is 11.3 Å². The number of fused-ring (bicyclic) bond motifs is 7. The Morgan fingerprint density at radius 3 is 2.65 bits per heavy atom. The number of aryl methyl sites for hydroxylation is 1. The first-order valence-electron chi connectivity index (χ1n) is 23.8. The number of carbonyl (C=O) groups excluding carboxylic acids is 5. The van der Waals surface area contributed by atoms with Gasteiger partial charge in [-0.25, -0.2) is 9.78 Å². The van der Waals surface area contributed by atoms with Crippen molar-refractivity contribution in [3.63, 3.8) is 0 Å². The van der Waals surface area contributed by atoms with Gasteiger partial charge in [-0.05, 0) is 81.4 Å². The number of ether oxygens (including phenoxy) is 2. The zero-order valence-corrected chi connectivity index (χ0v) is 43.0. The number of likely N-dealkylation sites (N-methyl/N-ethyl adjacent to an activating group) is 1. The predicted molar refractivity (Wildman–Crippen MR) is 266 cm³/mol. The van der Waals surface area contributed by atoms with Gasteiger partial charge in [-0.3, -0.25) is 39.6 Å². The predicted octanol–water partition coefficient (Wildman–Crippen LogP) is 5.01. The highest BCUT2D eigenvalue weighted by Crippen LogP contribution is 2.42. The third-order valence-corrected chi connectivity index (χ3v) is 16.0. The van der Waals surface area contributed by atoms with E-state index in [1.807, 2.05) is 32.2 Å². The monoisotopic (exact) mass is 968 g/mol. The number of carbonyl (C=O) groups is 5. The number of nitrogens with zero attached hydrogens (tertiary/aromatic N) is 7. The van der Waals surface area contributed by atoms with Gasteiger partial charge in [0.1, 0.15) is 15.7 Å². The molecule has 19 heteroatoms. The molecular formula is C49H68N10O7SSi. The maximum Gasteiger partial charge on any atom is 0.321 e. The molecular weight excluding hydrogens is 901 g/mol. The molecule has 6 heterocycles. The Morgan fingerprint density at radius 2 is 1.91 bits per heavy atom. The van der Waals surface area contributed by atoms with Gasteiger partial charge in [-0.1, -0.05) is 40.3 Å². The van der Waals surface area contributed by atoms with Crippen LogP contribution in [0.15, 0.2) is 54.6 Å². The second kappa shape index (κ2) is 21.9. The number of esters is 1. The summed E-state index contributed by atoms with van der Waals surface area (Å²) in [6.45, 7) is 18.1. The first-order valence-corrected chi connectivity index (χ1v) is 26.2. The normalized spacial score (nSPS) is 20.4. The third kappa shape index (κ3) is 11.0. The summed E-state index contributed by atoms with van der Waals surface area (Å²) in [4.78, 5) is 82.9. The maximum atomic E-state index is 14.5. The van der Waals surface area contributed by atoms with E-state index in [0.29, 0.717) is 51.9 Å². The number of urea groups is 1. The van der Waals surface area contributed by atoms with Crippen LogP contribution in [0.2, 0.25) is 5.54 Å². The molecule has 68 heavy (non-hydrogen) atoms. The molecule has 1 aromatic carbocycles. The number of aromatic nitrogens is 3. The summed E-state index contributed by atoms with van der Waals surface area (Å²) < 4.78 is 14.3. The Bertz CT molecular complexity index is 2510. The van der Waals surface area contributed by atoms with Crippen LogP contribution in [0.3, 0.4) is 0 Å². The standard InChI is InChI=1S/C49H68N10O7SSi/c1-10-41(60)56-20-14-21-57(29-56)48(64)55(8)43(30(3)4)45(61)52-28-51-36-24-40-53-37(26-67-40)32-17-18-38-34(23-32)35(44(58(38)11-2)33-15-12-19-50-42(33)31(5)65-9)25-49(6,7)27-66-47(63)39-16-13-22-59(46(36)62)54-68-39/h10,12,15,17-19,23,26,30-31,36,39,43,51,54H,1,11,13-14,16,20-22,24-25,27-29,68H2,2-9H3,(H,52,61)/t31-,36-,39-,43-/m0/s1. The third-order valence-electron chi connectivity index (χ3n) is 13.3. The molecule has 3 aliphatic rings. The number of pyridine rings is 1. The Balaban J connectivity index is 1.19. The lowest BCUT2D eigenvalue weighted by Crippen LogP contribution is -2.59. The number of thiazole rings is 1. The molecule has 2 saturated heterocycles. The van der Waals surface area contributed by atoms with Gasteiger partial charge in [0, 0.05) is 85.8 Å². The van der Waals surface area contributed by atoms with Crippen LogP contribution in [-0.2, 0) is 48.0 Å². The summed E-state index contributed by atoms with van der Waals surface area (Å²) in [6, 6.07) is 8.52. The van der Waals surface area contributed by atoms with Crippen LogP contribution in [-0.4, -0.2) is 139 Å². The number of cyclic esters (lactones) is 1. The average molecular weight is 969 g/mol. The van der Waals surface area contributed by atoms with Gasteiger partial charge < -0.3 is 34.1 Å². The van der Waals surface area contributed by atoms with Crippen molar-refractivity contribution >= 4 is 61.6 Å². The topological polar surface area (TPSA) is 184 Å². The van der Waals surface area contributed by atoms with E-state index < -0.39 is 27.2 Å². The highest BCUT2D eigenvalue weighted by molar-refractivity contribution is 7.10. The van der Waals surface area contributed by atoms with Crippen LogP contribution in [0.5, 0.6) is 0 Å². The van der Waals surface area contributed by atoms with Crippen molar-refractivity contribution in [2.75, 3.05) is 53.7 Å². The van der Waals surface area contributed by atoms with Gasteiger partial charge in [-0.2, -0.15) is 0 Å². The number of rotatable bonds is 11. The van der Waals surface area contributed by atoms with Crippen molar-refractivity contribution in [3.8, 4) is 22.5 Å². The Morgan fingerprint density at radius 1 is 1.13 bits per heavy atom. The number of hydrogen-bond donors (Lipinski definition) is 3. The second-order valence-electron chi connectivity index (χ2n) is 19.2. The fourth-order valence-corrected chi connectivity index (χ4v) is 12.1. The van der Waals surface area contributed by atoms with Crippen LogP contribution >= 0.6 is 11.3 Å². The molecule has 3 aromatic heterocycles. The maximum absolute atomic E-state index is 14.5. The first kappa shape index (κ1) is 50.4. The highest BCUT2D eigenvalue weighted by Gasteiger charge is 2.36. The number of amides is 5. The van der Waals surface area contributed by atoms with Crippen LogP contribution in [0, 0.1) is 11.3 Å². The molecule has 6 bridgehead atoms. The van der Waals surface area contributed by atoms with Crippen LogP contribution in [0.1, 0.15) is 83.2 Å². The zero-order chi connectivity index (χ0) is 48.9. The molecule has 0 unspecified atom stereocenters. The zero-order valence-electron chi connectivity index (χ0n) is 40.8. The lowest BCUT2D eigenvalue weighted by Gasteiger charge is -2.39. The Hall–Kier alpha value is -5.47. The van der Waals surface area contributed by atoms with Gasteiger partial charge in [0.25, 0.3) is 5.91 Å². The summed E-state index contributed by atoms with van der Waals surface area (Å²) in [7, 11) is 1.94. The van der Waals surface area contributed by atoms with Crippen LogP contribution in [0.25, 0.3) is 33.4 Å². The number of methoxy groups -OCH3 is 1. The Labute approximate surface area is 405 Å². The van der Waals surface area contributed by atoms with E-state index in [1.165, 1.54) is 22.3 Å².